The number of β-amino-alcohol motifs (C(OH)–C–C–N with tert-alkyl or cyclic N) is 1. The number of carboxylic acid groups (broad SMARTS) is 1. The third kappa shape index (κ3) is 9.14. The molecule has 5 rings (SSSR count). The zero-order valence-corrected chi connectivity index (χ0v) is 25.6. The molecule has 43 heavy (non-hydrogen) atoms. The van der Waals surface area contributed by atoms with Gasteiger partial charge in [-0.05, 0) is 68.6 Å². The highest BCUT2D eigenvalue weighted by Crippen LogP contribution is 2.31. The van der Waals surface area contributed by atoms with Gasteiger partial charge in [0.1, 0.15) is 0 Å². The summed E-state index contributed by atoms with van der Waals surface area (Å²) in [7, 11) is 0. The molecule has 2 fully saturated rings. The minimum atomic E-state index is -0.979. The molecule has 2 aliphatic heterocycles. The van der Waals surface area contributed by atoms with Gasteiger partial charge in [0.05, 0.1) is 24.2 Å². The second kappa shape index (κ2) is 14.5. The van der Waals surface area contributed by atoms with Crippen molar-refractivity contribution in [3.63, 3.8) is 0 Å². The first kappa shape index (κ1) is 31.2. The van der Waals surface area contributed by atoms with Gasteiger partial charge in [0.2, 0.25) is 11.8 Å². The Balaban J connectivity index is 1.29. The lowest BCUT2D eigenvalue weighted by atomic mass is 9.96. The highest BCUT2D eigenvalue weighted by molar-refractivity contribution is 6.35. The predicted molar refractivity (Wildman–Crippen MR) is 166 cm³/mol. The Morgan fingerprint density at radius 2 is 1.67 bits per heavy atom. The first-order valence-electron chi connectivity index (χ1n) is 14.5. The van der Waals surface area contributed by atoms with Crippen molar-refractivity contribution in [2.75, 3.05) is 57.3 Å². The number of benzene rings is 1. The van der Waals surface area contributed by atoms with Crippen LogP contribution in [0.3, 0.4) is 0 Å². The van der Waals surface area contributed by atoms with Crippen molar-refractivity contribution in [2.24, 2.45) is 5.92 Å². The number of rotatable bonds is 10. The normalized spacial score (nSPS) is 17.5. The summed E-state index contributed by atoms with van der Waals surface area (Å²) in [6.07, 6.45) is 3.83. The maximum absolute atomic E-state index is 10.9. The smallest absolute Gasteiger partial charge is 0.404 e. The van der Waals surface area contributed by atoms with E-state index in [1.807, 2.05) is 24.3 Å². The first-order valence-corrected chi connectivity index (χ1v) is 15.3. The maximum Gasteiger partial charge on any atom is 0.404 e. The Bertz CT molecular complexity index is 1360. The van der Waals surface area contributed by atoms with Crippen LogP contribution < -0.4 is 15.0 Å². The van der Waals surface area contributed by atoms with Crippen LogP contribution in [0.2, 0.25) is 10.0 Å². The molecule has 11 nitrogen and oxygen atoms in total. The highest BCUT2D eigenvalue weighted by Gasteiger charge is 2.22. The Morgan fingerprint density at radius 1 is 1.00 bits per heavy atom. The van der Waals surface area contributed by atoms with Gasteiger partial charge in [-0.15, -0.1) is 0 Å². The summed E-state index contributed by atoms with van der Waals surface area (Å²) < 4.78 is 6.17. The van der Waals surface area contributed by atoms with Gasteiger partial charge in [0.15, 0.2) is 5.75 Å². The van der Waals surface area contributed by atoms with Crippen molar-refractivity contribution >= 4 is 35.2 Å². The third-order valence-corrected chi connectivity index (χ3v) is 8.13. The van der Waals surface area contributed by atoms with E-state index < -0.39 is 6.09 Å². The number of hydrogen-bond acceptors (Lipinski definition) is 9. The summed E-state index contributed by atoms with van der Waals surface area (Å²) in [5.74, 6) is 1.86. The summed E-state index contributed by atoms with van der Waals surface area (Å²) in [5, 5.41) is 22.1. The van der Waals surface area contributed by atoms with Crippen LogP contribution in [0.5, 0.6) is 11.6 Å². The quantitative estimate of drug-likeness (QED) is 0.292. The van der Waals surface area contributed by atoms with E-state index in [1.165, 1.54) is 0 Å². The van der Waals surface area contributed by atoms with E-state index in [0.717, 1.165) is 63.2 Å². The lowest BCUT2D eigenvalue weighted by Crippen LogP contribution is -2.48. The van der Waals surface area contributed by atoms with Crippen LogP contribution in [0.4, 0.5) is 10.7 Å². The molecule has 230 valence electrons. The van der Waals surface area contributed by atoms with Crippen molar-refractivity contribution in [2.45, 2.75) is 32.4 Å². The number of aliphatic hydroxyl groups is 1. The van der Waals surface area contributed by atoms with E-state index in [9.17, 15) is 9.90 Å². The summed E-state index contributed by atoms with van der Waals surface area (Å²) in [6, 6.07) is 9.27. The number of carbonyl (C=O) groups is 1. The molecule has 0 saturated carbocycles. The van der Waals surface area contributed by atoms with Crippen LogP contribution in [0.1, 0.15) is 25.3 Å². The van der Waals surface area contributed by atoms with Gasteiger partial charge in [0.25, 0.3) is 0 Å². The number of anilines is 1. The number of halogens is 2. The second-order valence-corrected chi connectivity index (χ2v) is 12.1. The van der Waals surface area contributed by atoms with E-state index in [4.69, 9.17) is 38.0 Å². The zero-order chi connectivity index (χ0) is 30.3. The predicted octanol–water partition coefficient (Wildman–Crippen LogP) is 4.62. The number of aliphatic hydroxyl groups excluding tert-OH is 1. The van der Waals surface area contributed by atoms with Crippen molar-refractivity contribution < 1.29 is 19.7 Å². The molecule has 13 heteroatoms. The highest BCUT2D eigenvalue weighted by atomic mass is 35.5. The number of hydrogen-bond donors (Lipinski definition) is 3. The lowest BCUT2D eigenvalue weighted by Gasteiger charge is -2.35. The van der Waals surface area contributed by atoms with Gasteiger partial charge in [0, 0.05) is 67.5 Å². The molecule has 2 aromatic heterocycles. The van der Waals surface area contributed by atoms with Crippen LogP contribution in [-0.2, 0) is 6.54 Å². The van der Waals surface area contributed by atoms with E-state index in [0.29, 0.717) is 58.9 Å². The third-order valence-electron chi connectivity index (χ3n) is 7.69. The lowest BCUT2D eigenvalue weighted by molar-refractivity contribution is 0.122. The van der Waals surface area contributed by atoms with E-state index in [-0.39, 0.29) is 6.10 Å². The molecular weight excluding hydrogens is 593 g/mol. The number of likely N-dealkylation sites (tertiary alicyclic amines) is 1. The van der Waals surface area contributed by atoms with E-state index in [1.54, 1.807) is 25.4 Å². The molecule has 3 N–H and O–H groups in total. The van der Waals surface area contributed by atoms with Crippen LogP contribution in [0.15, 0.2) is 42.7 Å². The second-order valence-electron chi connectivity index (χ2n) is 11.2. The largest absolute Gasteiger partial charge is 0.465 e. The molecular formula is C30H37Cl2N7O4. The summed E-state index contributed by atoms with van der Waals surface area (Å²) >= 11 is 12.6. The van der Waals surface area contributed by atoms with Gasteiger partial charge in [-0.3, -0.25) is 9.80 Å². The van der Waals surface area contributed by atoms with Gasteiger partial charge in [-0.25, -0.2) is 19.7 Å². The number of nitrogens with zero attached hydrogens (tertiary/aromatic N) is 6. The number of aromatic nitrogens is 3. The monoisotopic (exact) mass is 629 g/mol. The van der Waals surface area contributed by atoms with Crippen molar-refractivity contribution in [1.82, 2.24) is 30.1 Å². The number of pyridine rings is 1. The molecule has 1 aromatic carbocycles. The number of piperidine rings is 1. The minimum absolute atomic E-state index is 0.337. The number of ether oxygens (including phenoxy) is 1. The fourth-order valence-corrected chi connectivity index (χ4v) is 6.07. The van der Waals surface area contributed by atoms with Gasteiger partial charge < -0.3 is 25.2 Å². The topological polar surface area (TPSA) is 127 Å². The van der Waals surface area contributed by atoms with Gasteiger partial charge in [-0.2, -0.15) is 0 Å². The Kier molecular flexibility index (Phi) is 10.5. The molecule has 3 aromatic rings. The molecule has 2 aliphatic rings. The number of piperazine rings is 1. The molecule has 1 amide bonds. The molecule has 2 saturated heterocycles. The van der Waals surface area contributed by atoms with E-state index in [2.05, 4.69) is 30.0 Å². The average molecular weight is 631 g/mol. The van der Waals surface area contributed by atoms with Crippen LogP contribution >= 0.6 is 23.2 Å². The summed E-state index contributed by atoms with van der Waals surface area (Å²) in [4.78, 5) is 31.4. The molecule has 0 radical (unpaired) electrons. The molecule has 0 aliphatic carbocycles. The van der Waals surface area contributed by atoms with Crippen molar-refractivity contribution in [1.29, 1.82) is 0 Å². The SMILES string of the molecule is C[C@@H](O)CN1CCN(c2ncc(Oc3cc(CN4CCC(CNC(=O)O)CC4)cc(-c4cc(Cl)cc(Cl)c4)n3)cn2)CC1. The first-order chi connectivity index (χ1) is 20.7. The molecule has 0 bridgehead atoms. The zero-order valence-electron chi connectivity index (χ0n) is 24.1. The fraction of sp³-hybridized carbons (Fsp3) is 0.467. The van der Waals surface area contributed by atoms with Crippen LogP contribution in [-0.4, -0.2) is 99.5 Å². The van der Waals surface area contributed by atoms with Gasteiger partial charge in [-0.1, -0.05) is 23.2 Å². The molecule has 0 unspecified atom stereocenters. The van der Waals surface area contributed by atoms with E-state index >= 15 is 0 Å². The Morgan fingerprint density at radius 3 is 2.30 bits per heavy atom. The summed E-state index contributed by atoms with van der Waals surface area (Å²) in [5.41, 5.74) is 2.49. The Labute approximate surface area is 261 Å². The minimum Gasteiger partial charge on any atom is -0.465 e. The van der Waals surface area contributed by atoms with Crippen LogP contribution in [0, 0.1) is 5.92 Å². The fourth-order valence-electron chi connectivity index (χ4n) is 5.54. The standard InChI is InChI=1S/C30H37Cl2N7O4/c1-20(40)18-38-6-8-39(9-7-38)29-33-16-26(17-34-29)43-28-11-22(10-27(36-28)23-12-24(31)14-25(32)13-23)19-37-4-2-21(3-5-37)15-35-30(41)42/h10-14,16-17,20-21,35,40H,2-9,15,18-19H2,1H3,(H,41,42)/t20-/m1/s1. The van der Waals surface area contributed by atoms with Crippen molar-refractivity contribution in [3.8, 4) is 22.9 Å². The number of nitrogens with one attached hydrogen (secondary N) is 1. The molecule has 0 spiro atoms. The maximum atomic E-state index is 10.9. The molecule has 1 atom stereocenters. The van der Waals surface area contributed by atoms with Crippen LogP contribution in [0.25, 0.3) is 11.3 Å². The molecule has 4 heterocycles. The van der Waals surface area contributed by atoms with Gasteiger partial charge >= 0.3 is 6.09 Å². The Hall–Kier alpha value is -3.22. The van der Waals surface area contributed by atoms with Crippen molar-refractivity contribution in [3.05, 3.63) is 58.3 Å². The average Bonchev–Trinajstić information content (AvgIpc) is 2.97. The number of amides is 1. The summed E-state index contributed by atoms with van der Waals surface area (Å²) in [6.45, 7) is 8.64.